The molecule has 166 valence electrons. The van der Waals surface area contributed by atoms with Crippen LogP contribution in [0.1, 0.15) is 62.0 Å². The van der Waals surface area contributed by atoms with Gasteiger partial charge < -0.3 is 19.9 Å². The lowest BCUT2D eigenvalue weighted by Gasteiger charge is -2.31. The van der Waals surface area contributed by atoms with Gasteiger partial charge in [0, 0.05) is 17.5 Å². The van der Waals surface area contributed by atoms with E-state index in [0.29, 0.717) is 42.0 Å². The SMILES string of the molecule is Cc1ccc(-c2c(C)c3c(c(C)c2[C@H](OC(C)(C)C)C(=O)O)NC(=O)CCCO3)cc1. The molecule has 2 N–H and O–H groups in total. The van der Waals surface area contributed by atoms with Crippen LogP contribution in [0.3, 0.4) is 0 Å². The molecule has 31 heavy (non-hydrogen) atoms. The summed E-state index contributed by atoms with van der Waals surface area (Å²) >= 11 is 0. The Morgan fingerprint density at radius 3 is 2.35 bits per heavy atom. The summed E-state index contributed by atoms with van der Waals surface area (Å²) in [6.07, 6.45) is -0.230. The van der Waals surface area contributed by atoms with Crippen molar-refractivity contribution in [2.24, 2.45) is 0 Å². The molecule has 0 fully saturated rings. The van der Waals surface area contributed by atoms with Crippen molar-refractivity contribution in [3.05, 3.63) is 46.5 Å². The second-order valence-corrected chi connectivity index (χ2v) is 9.06. The van der Waals surface area contributed by atoms with Crippen LogP contribution < -0.4 is 10.1 Å². The van der Waals surface area contributed by atoms with E-state index in [0.717, 1.165) is 22.3 Å². The summed E-state index contributed by atoms with van der Waals surface area (Å²) in [5.74, 6) is -0.599. The van der Waals surface area contributed by atoms with E-state index < -0.39 is 17.7 Å². The summed E-state index contributed by atoms with van der Waals surface area (Å²) in [6, 6.07) is 7.94. The van der Waals surface area contributed by atoms with Gasteiger partial charge in [0.25, 0.3) is 0 Å². The summed E-state index contributed by atoms with van der Waals surface area (Å²) < 4.78 is 12.1. The highest BCUT2D eigenvalue weighted by molar-refractivity contribution is 5.97. The Labute approximate surface area is 183 Å². The minimum Gasteiger partial charge on any atom is -0.491 e. The standard InChI is InChI=1S/C25H31NO5/c1-14-9-11-17(12-10-14)19-16(3)22-21(26-18(27)8-7-13-30-22)15(2)20(19)23(24(28)29)31-25(4,5)6/h9-12,23H,7-8,13H2,1-6H3,(H,26,27)(H,28,29)/t23-/m0/s1. The van der Waals surface area contributed by atoms with Gasteiger partial charge in [-0.3, -0.25) is 4.79 Å². The molecule has 0 bridgehead atoms. The van der Waals surface area contributed by atoms with Crippen molar-refractivity contribution in [2.45, 2.75) is 66.1 Å². The second kappa shape index (κ2) is 8.71. The molecule has 0 aliphatic carbocycles. The van der Waals surface area contributed by atoms with E-state index in [1.54, 1.807) is 0 Å². The number of benzene rings is 2. The van der Waals surface area contributed by atoms with Crippen LogP contribution in [0.5, 0.6) is 5.75 Å². The Morgan fingerprint density at radius 2 is 1.77 bits per heavy atom. The number of anilines is 1. The highest BCUT2D eigenvalue weighted by Gasteiger charge is 2.34. The first-order valence-electron chi connectivity index (χ1n) is 10.6. The Hall–Kier alpha value is -2.86. The molecule has 1 atom stereocenters. The van der Waals surface area contributed by atoms with Crippen molar-refractivity contribution < 1.29 is 24.2 Å². The third-order valence-electron chi connectivity index (χ3n) is 5.35. The van der Waals surface area contributed by atoms with Gasteiger partial charge in [-0.15, -0.1) is 0 Å². The summed E-state index contributed by atoms with van der Waals surface area (Å²) in [5.41, 5.74) is 4.55. The lowest BCUT2D eigenvalue weighted by molar-refractivity contribution is -0.160. The van der Waals surface area contributed by atoms with Gasteiger partial charge >= 0.3 is 5.97 Å². The van der Waals surface area contributed by atoms with Gasteiger partial charge in [0.2, 0.25) is 5.91 Å². The van der Waals surface area contributed by atoms with Gasteiger partial charge in [-0.2, -0.15) is 0 Å². The van der Waals surface area contributed by atoms with Crippen molar-refractivity contribution in [2.75, 3.05) is 11.9 Å². The van der Waals surface area contributed by atoms with Crippen molar-refractivity contribution in [3.8, 4) is 16.9 Å². The van der Waals surface area contributed by atoms with Gasteiger partial charge in [0.05, 0.1) is 17.9 Å². The lowest BCUT2D eigenvalue weighted by atomic mass is 9.86. The van der Waals surface area contributed by atoms with E-state index in [1.165, 1.54) is 0 Å². The van der Waals surface area contributed by atoms with Crippen LogP contribution in [0.2, 0.25) is 0 Å². The van der Waals surface area contributed by atoms with Crippen LogP contribution in [0.25, 0.3) is 11.1 Å². The van der Waals surface area contributed by atoms with Gasteiger partial charge in [-0.05, 0) is 64.7 Å². The predicted octanol–water partition coefficient (Wildman–Crippen LogP) is 5.33. The molecular formula is C25H31NO5. The smallest absolute Gasteiger partial charge is 0.337 e. The Bertz CT molecular complexity index is 1000. The van der Waals surface area contributed by atoms with E-state index >= 15 is 0 Å². The molecule has 1 aliphatic rings. The molecule has 0 radical (unpaired) electrons. The number of amides is 1. The Balaban J connectivity index is 2.37. The number of aliphatic carboxylic acids is 1. The van der Waals surface area contributed by atoms with E-state index in [2.05, 4.69) is 5.32 Å². The molecule has 0 saturated heterocycles. The fraction of sp³-hybridized carbons (Fsp3) is 0.440. The minimum absolute atomic E-state index is 0.107. The number of rotatable bonds is 4. The van der Waals surface area contributed by atoms with Crippen LogP contribution >= 0.6 is 0 Å². The number of fused-ring (bicyclic) bond motifs is 1. The van der Waals surface area contributed by atoms with Crippen molar-refractivity contribution in [1.29, 1.82) is 0 Å². The number of ether oxygens (including phenoxy) is 2. The zero-order chi connectivity index (χ0) is 22.9. The Kier molecular flexibility index (Phi) is 6.41. The summed E-state index contributed by atoms with van der Waals surface area (Å²) in [5, 5.41) is 13.1. The predicted molar refractivity (Wildman–Crippen MR) is 121 cm³/mol. The first kappa shape index (κ1) is 22.8. The molecule has 0 spiro atoms. The molecule has 2 aromatic carbocycles. The van der Waals surface area contributed by atoms with Crippen LogP contribution in [0, 0.1) is 20.8 Å². The number of carbonyl (C=O) groups is 2. The fourth-order valence-corrected chi connectivity index (χ4v) is 3.94. The summed E-state index contributed by atoms with van der Waals surface area (Å²) in [7, 11) is 0. The first-order valence-corrected chi connectivity index (χ1v) is 10.6. The number of carboxylic acids is 1. The van der Waals surface area contributed by atoms with Crippen LogP contribution in [0.15, 0.2) is 24.3 Å². The number of nitrogens with one attached hydrogen (secondary N) is 1. The lowest BCUT2D eigenvalue weighted by Crippen LogP contribution is -2.29. The largest absolute Gasteiger partial charge is 0.491 e. The quantitative estimate of drug-likeness (QED) is 0.691. The zero-order valence-corrected chi connectivity index (χ0v) is 19.1. The average molecular weight is 426 g/mol. The number of carbonyl (C=O) groups excluding carboxylic acids is 1. The molecule has 1 heterocycles. The molecule has 6 nitrogen and oxygen atoms in total. The molecule has 0 aromatic heterocycles. The summed E-state index contributed by atoms with van der Waals surface area (Å²) in [6.45, 7) is 11.6. The molecule has 0 unspecified atom stereocenters. The van der Waals surface area contributed by atoms with Crippen molar-refractivity contribution in [3.63, 3.8) is 0 Å². The van der Waals surface area contributed by atoms with Crippen molar-refractivity contribution >= 4 is 17.6 Å². The maximum Gasteiger partial charge on any atom is 0.337 e. The van der Waals surface area contributed by atoms with Crippen LogP contribution in [0.4, 0.5) is 5.69 Å². The maximum atomic E-state index is 12.4. The molecule has 1 aliphatic heterocycles. The third kappa shape index (κ3) is 4.90. The number of hydrogen-bond acceptors (Lipinski definition) is 4. The van der Waals surface area contributed by atoms with Gasteiger partial charge in [0.1, 0.15) is 5.75 Å². The van der Waals surface area contributed by atoms with E-state index in [-0.39, 0.29) is 5.91 Å². The van der Waals surface area contributed by atoms with E-state index in [4.69, 9.17) is 9.47 Å². The number of hydrogen-bond donors (Lipinski definition) is 2. The van der Waals surface area contributed by atoms with Gasteiger partial charge in [-0.1, -0.05) is 29.8 Å². The average Bonchev–Trinajstić information content (AvgIpc) is 2.66. The molecule has 1 amide bonds. The summed E-state index contributed by atoms with van der Waals surface area (Å²) in [4.78, 5) is 24.8. The van der Waals surface area contributed by atoms with Crippen LogP contribution in [-0.2, 0) is 14.3 Å². The topological polar surface area (TPSA) is 84.9 Å². The van der Waals surface area contributed by atoms with Gasteiger partial charge in [-0.25, -0.2) is 4.79 Å². The number of aryl methyl sites for hydroxylation is 1. The zero-order valence-electron chi connectivity index (χ0n) is 19.1. The molecule has 6 heteroatoms. The molecular weight excluding hydrogens is 394 g/mol. The number of carboxylic acid groups (broad SMARTS) is 1. The fourth-order valence-electron chi connectivity index (χ4n) is 3.94. The molecule has 3 rings (SSSR count). The third-order valence-corrected chi connectivity index (χ3v) is 5.35. The highest BCUT2D eigenvalue weighted by atomic mass is 16.5. The van der Waals surface area contributed by atoms with Crippen molar-refractivity contribution in [1.82, 2.24) is 0 Å². The highest BCUT2D eigenvalue weighted by Crippen LogP contribution is 2.46. The molecule has 2 aromatic rings. The monoisotopic (exact) mass is 425 g/mol. The second-order valence-electron chi connectivity index (χ2n) is 9.06. The van der Waals surface area contributed by atoms with Gasteiger partial charge in [0.15, 0.2) is 6.10 Å². The van der Waals surface area contributed by atoms with E-state index in [9.17, 15) is 14.7 Å². The minimum atomic E-state index is -1.21. The molecule has 0 saturated carbocycles. The maximum absolute atomic E-state index is 12.4. The first-order chi connectivity index (χ1) is 14.5. The Morgan fingerprint density at radius 1 is 1.13 bits per heavy atom. The van der Waals surface area contributed by atoms with E-state index in [1.807, 2.05) is 65.8 Å². The van der Waals surface area contributed by atoms with Crippen LogP contribution in [-0.4, -0.2) is 29.2 Å². The normalized spacial score (nSPS) is 15.2.